The van der Waals surface area contributed by atoms with Gasteiger partial charge in [-0.3, -0.25) is 4.79 Å². The molecule has 0 heterocycles. The monoisotopic (exact) mass is 259 g/mol. The maximum Gasteiger partial charge on any atom is 0.312 e. The molecular weight excluding hydrogens is 234 g/mol. The van der Waals surface area contributed by atoms with Crippen molar-refractivity contribution < 1.29 is 14.7 Å². The van der Waals surface area contributed by atoms with Gasteiger partial charge >= 0.3 is 6.03 Å². The van der Waals surface area contributed by atoms with E-state index < -0.39 is 12.1 Å². The first-order chi connectivity index (χ1) is 8.47. The lowest BCUT2D eigenvalue weighted by Gasteiger charge is -2.19. The molecule has 5 N–H and O–H groups in total. The Kier molecular flexibility index (Phi) is 9.00. The molecule has 6 heteroatoms. The summed E-state index contributed by atoms with van der Waals surface area (Å²) >= 11 is 0. The van der Waals surface area contributed by atoms with Crippen LogP contribution in [0.25, 0.3) is 0 Å². The number of hydrogen-bond donors (Lipinski definition) is 4. The second-order valence-corrected chi connectivity index (χ2v) is 4.77. The number of amides is 3. The molecule has 1 unspecified atom stereocenters. The molecule has 0 radical (unpaired) electrons. The summed E-state index contributed by atoms with van der Waals surface area (Å²) in [7, 11) is 0. The van der Waals surface area contributed by atoms with Crippen LogP contribution in [0.5, 0.6) is 0 Å². The molecule has 0 aliphatic heterocycles. The third kappa shape index (κ3) is 8.81. The van der Waals surface area contributed by atoms with Gasteiger partial charge in [-0.2, -0.15) is 0 Å². The number of aliphatic hydroxyl groups is 1. The molecule has 18 heavy (non-hydrogen) atoms. The highest BCUT2D eigenvalue weighted by Gasteiger charge is 2.20. The number of aliphatic hydroxyl groups excluding tert-OH is 1. The Morgan fingerprint density at radius 2 is 1.89 bits per heavy atom. The maximum atomic E-state index is 11.8. The van der Waals surface area contributed by atoms with E-state index in [0.717, 1.165) is 19.3 Å². The molecule has 106 valence electrons. The molecule has 0 aromatic carbocycles. The fraction of sp³-hybridized carbons (Fsp3) is 0.833. The zero-order valence-corrected chi connectivity index (χ0v) is 11.2. The molecular formula is C12H25N3O3. The summed E-state index contributed by atoms with van der Waals surface area (Å²) in [5, 5.41) is 13.8. The molecule has 0 saturated heterocycles. The van der Waals surface area contributed by atoms with Gasteiger partial charge < -0.3 is 21.5 Å². The molecule has 6 nitrogen and oxygen atoms in total. The molecule has 0 aliphatic rings. The molecule has 0 bridgehead atoms. The Balaban J connectivity index is 4.00. The van der Waals surface area contributed by atoms with E-state index in [-0.39, 0.29) is 12.5 Å². The average molecular weight is 259 g/mol. The van der Waals surface area contributed by atoms with Crippen LogP contribution in [0.3, 0.4) is 0 Å². The summed E-state index contributed by atoms with van der Waals surface area (Å²) in [6.45, 7) is 4.68. The minimum Gasteiger partial charge on any atom is -0.396 e. The van der Waals surface area contributed by atoms with Crippen molar-refractivity contribution in [1.29, 1.82) is 0 Å². The Morgan fingerprint density at radius 1 is 1.22 bits per heavy atom. The minimum atomic E-state index is -0.684. The molecule has 3 amide bonds. The van der Waals surface area contributed by atoms with E-state index in [9.17, 15) is 9.59 Å². The van der Waals surface area contributed by atoms with E-state index in [1.165, 1.54) is 0 Å². The van der Waals surface area contributed by atoms with Crippen LogP contribution in [0.4, 0.5) is 4.79 Å². The van der Waals surface area contributed by atoms with Crippen molar-refractivity contribution in [3.63, 3.8) is 0 Å². The fourth-order valence-corrected chi connectivity index (χ4v) is 1.62. The van der Waals surface area contributed by atoms with E-state index in [1.54, 1.807) is 0 Å². The normalized spacial score (nSPS) is 12.2. The average Bonchev–Trinajstić information content (AvgIpc) is 2.26. The van der Waals surface area contributed by atoms with Gasteiger partial charge in [-0.05, 0) is 31.6 Å². The lowest BCUT2D eigenvalue weighted by molar-refractivity contribution is -0.123. The second kappa shape index (κ2) is 9.70. The summed E-state index contributed by atoms with van der Waals surface area (Å²) in [5.74, 6) is 0.0912. The molecule has 0 spiro atoms. The first-order valence-corrected chi connectivity index (χ1v) is 6.42. The largest absolute Gasteiger partial charge is 0.396 e. The highest BCUT2D eigenvalue weighted by Crippen LogP contribution is 2.05. The van der Waals surface area contributed by atoms with Crippen molar-refractivity contribution in [2.75, 3.05) is 13.2 Å². The number of carbonyl (C=O) groups excluding carboxylic acids is 2. The van der Waals surface area contributed by atoms with Crippen LogP contribution in [0, 0.1) is 5.92 Å². The predicted octanol–water partition coefficient (Wildman–Crippen LogP) is 0.348. The predicted molar refractivity (Wildman–Crippen MR) is 69.9 cm³/mol. The van der Waals surface area contributed by atoms with Gasteiger partial charge in [0.05, 0.1) is 0 Å². The highest BCUT2D eigenvalue weighted by molar-refractivity contribution is 5.86. The van der Waals surface area contributed by atoms with Gasteiger partial charge in [0.1, 0.15) is 6.04 Å². The van der Waals surface area contributed by atoms with Crippen molar-refractivity contribution in [3.05, 3.63) is 0 Å². The van der Waals surface area contributed by atoms with Crippen LogP contribution in [-0.4, -0.2) is 36.2 Å². The maximum absolute atomic E-state index is 11.8. The van der Waals surface area contributed by atoms with Crippen molar-refractivity contribution >= 4 is 11.9 Å². The van der Waals surface area contributed by atoms with Crippen LogP contribution < -0.4 is 16.4 Å². The highest BCUT2D eigenvalue weighted by atomic mass is 16.3. The van der Waals surface area contributed by atoms with Gasteiger partial charge in [0.15, 0.2) is 0 Å². The summed E-state index contributed by atoms with van der Waals surface area (Å²) in [6.07, 6.45) is 2.99. The van der Waals surface area contributed by atoms with Gasteiger partial charge in [-0.25, -0.2) is 4.79 Å². The Hall–Kier alpha value is -1.30. The number of primary amides is 1. The summed E-state index contributed by atoms with van der Waals surface area (Å²) < 4.78 is 0. The smallest absolute Gasteiger partial charge is 0.312 e. The van der Waals surface area contributed by atoms with Crippen molar-refractivity contribution in [1.82, 2.24) is 10.6 Å². The van der Waals surface area contributed by atoms with Crippen molar-refractivity contribution in [2.24, 2.45) is 11.7 Å². The second-order valence-electron chi connectivity index (χ2n) is 4.77. The molecule has 0 fully saturated rings. The lowest BCUT2D eigenvalue weighted by Crippen LogP contribution is -2.49. The van der Waals surface area contributed by atoms with E-state index in [4.69, 9.17) is 10.8 Å². The first kappa shape index (κ1) is 16.7. The summed E-state index contributed by atoms with van der Waals surface area (Å²) in [5.41, 5.74) is 5.04. The van der Waals surface area contributed by atoms with E-state index in [1.807, 2.05) is 13.8 Å². The topological polar surface area (TPSA) is 104 Å². The Labute approximate surface area is 108 Å². The van der Waals surface area contributed by atoms with Crippen LogP contribution >= 0.6 is 0 Å². The summed E-state index contributed by atoms with van der Waals surface area (Å²) in [6, 6.07) is -1.25. The van der Waals surface area contributed by atoms with E-state index in [0.29, 0.717) is 18.9 Å². The lowest BCUT2D eigenvalue weighted by atomic mass is 10.0. The van der Waals surface area contributed by atoms with Gasteiger partial charge in [0.2, 0.25) is 5.91 Å². The number of nitrogens with two attached hydrogens (primary N) is 1. The van der Waals surface area contributed by atoms with Crippen LogP contribution in [-0.2, 0) is 4.79 Å². The minimum absolute atomic E-state index is 0.174. The third-order valence-electron chi connectivity index (χ3n) is 2.47. The van der Waals surface area contributed by atoms with Gasteiger partial charge in [0.25, 0.3) is 0 Å². The number of rotatable bonds is 9. The Morgan fingerprint density at radius 3 is 2.39 bits per heavy atom. The van der Waals surface area contributed by atoms with Gasteiger partial charge in [-0.15, -0.1) is 0 Å². The number of urea groups is 1. The van der Waals surface area contributed by atoms with Crippen molar-refractivity contribution in [3.8, 4) is 0 Å². The van der Waals surface area contributed by atoms with Gasteiger partial charge in [-0.1, -0.05) is 13.8 Å². The van der Waals surface area contributed by atoms with Crippen LogP contribution in [0.2, 0.25) is 0 Å². The van der Waals surface area contributed by atoms with Gasteiger partial charge in [0, 0.05) is 13.2 Å². The number of unbranched alkanes of at least 4 members (excludes halogenated alkanes) is 2. The Bertz CT molecular complexity index is 257. The zero-order valence-electron chi connectivity index (χ0n) is 11.2. The zero-order chi connectivity index (χ0) is 14.0. The SMILES string of the molecule is CC(C)CC(NC(N)=O)C(=O)NCCCCCO. The molecule has 1 atom stereocenters. The molecule has 0 aromatic rings. The number of nitrogens with one attached hydrogen (secondary N) is 2. The standard InChI is InChI=1S/C12H25N3O3/c1-9(2)8-10(15-12(13)18)11(17)14-6-4-3-5-7-16/h9-10,16H,3-8H2,1-2H3,(H,14,17)(H3,13,15,18). The molecule has 0 rings (SSSR count). The number of hydrogen-bond acceptors (Lipinski definition) is 3. The number of carbonyl (C=O) groups is 2. The van der Waals surface area contributed by atoms with Crippen LogP contribution in [0.1, 0.15) is 39.5 Å². The molecule has 0 saturated carbocycles. The first-order valence-electron chi connectivity index (χ1n) is 6.42. The van der Waals surface area contributed by atoms with Crippen molar-refractivity contribution in [2.45, 2.75) is 45.6 Å². The quantitative estimate of drug-likeness (QED) is 0.449. The third-order valence-corrected chi connectivity index (χ3v) is 2.47. The van der Waals surface area contributed by atoms with E-state index in [2.05, 4.69) is 10.6 Å². The molecule has 0 aromatic heterocycles. The van der Waals surface area contributed by atoms with Crippen LogP contribution in [0.15, 0.2) is 0 Å². The fourth-order valence-electron chi connectivity index (χ4n) is 1.62. The summed E-state index contributed by atoms with van der Waals surface area (Å²) in [4.78, 5) is 22.6. The molecule has 0 aliphatic carbocycles. The van der Waals surface area contributed by atoms with E-state index >= 15 is 0 Å².